The lowest BCUT2D eigenvalue weighted by molar-refractivity contribution is -0.137. The molecule has 0 aliphatic carbocycles. The SMILES string of the molecule is O=C(NNc1cccc(C(F)(F)F)c1)c1cccc(S(=O)(=O)N2CCCC2)c1. The molecular formula is C18H18F3N3O3S. The number of carbonyl (C=O) groups is 1. The summed E-state index contributed by atoms with van der Waals surface area (Å²) in [4.78, 5) is 12.3. The van der Waals surface area contributed by atoms with E-state index >= 15 is 0 Å². The van der Waals surface area contributed by atoms with Gasteiger partial charge in [0, 0.05) is 18.7 Å². The normalized spacial score (nSPS) is 15.4. The zero-order chi connectivity index (χ0) is 20.4. The van der Waals surface area contributed by atoms with Crippen molar-refractivity contribution in [2.45, 2.75) is 23.9 Å². The van der Waals surface area contributed by atoms with Gasteiger partial charge in [-0.2, -0.15) is 17.5 Å². The molecule has 2 aromatic rings. The van der Waals surface area contributed by atoms with E-state index in [2.05, 4.69) is 10.9 Å². The van der Waals surface area contributed by atoms with Gasteiger partial charge in [-0.05, 0) is 49.2 Å². The molecule has 1 saturated heterocycles. The molecule has 0 saturated carbocycles. The Morgan fingerprint density at radius 2 is 1.68 bits per heavy atom. The van der Waals surface area contributed by atoms with Crippen LogP contribution >= 0.6 is 0 Å². The highest BCUT2D eigenvalue weighted by atomic mass is 32.2. The fraction of sp³-hybridized carbons (Fsp3) is 0.278. The van der Waals surface area contributed by atoms with Crippen molar-refractivity contribution in [3.8, 4) is 0 Å². The number of hydrogen-bond acceptors (Lipinski definition) is 4. The number of halogens is 3. The van der Waals surface area contributed by atoms with Crippen LogP contribution < -0.4 is 10.9 Å². The Hall–Kier alpha value is -2.59. The maximum atomic E-state index is 12.7. The number of nitrogens with one attached hydrogen (secondary N) is 2. The van der Waals surface area contributed by atoms with Crippen LogP contribution in [-0.4, -0.2) is 31.7 Å². The highest BCUT2D eigenvalue weighted by Gasteiger charge is 2.30. The molecule has 0 atom stereocenters. The van der Waals surface area contributed by atoms with Crippen molar-refractivity contribution in [3.05, 3.63) is 59.7 Å². The second-order valence-electron chi connectivity index (χ2n) is 6.30. The lowest BCUT2D eigenvalue weighted by Crippen LogP contribution is -2.30. The Labute approximate surface area is 160 Å². The zero-order valence-corrected chi connectivity index (χ0v) is 15.5. The number of alkyl halides is 3. The van der Waals surface area contributed by atoms with Crippen molar-refractivity contribution in [1.29, 1.82) is 0 Å². The fourth-order valence-electron chi connectivity index (χ4n) is 2.85. The number of sulfonamides is 1. The summed E-state index contributed by atoms with van der Waals surface area (Å²) in [7, 11) is -3.68. The summed E-state index contributed by atoms with van der Waals surface area (Å²) in [5.74, 6) is -0.670. The summed E-state index contributed by atoms with van der Waals surface area (Å²) >= 11 is 0. The zero-order valence-electron chi connectivity index (χ0n) is 14.7. The molecule has 0 bridgehead atoms. The van der Waals surface area contributed by atoms with E-state index in [1.165, 1.54) is 40.7 Å². The first kappa shape index (κ1) is 20.2. The molecule has 1 aliphatic heterocycles. The molecule has 0 aromatic heterocycles. The number of rotatable bonds is 5. The van der Waals surface area contributed by atoms with Gasteiger partial charge in [0.05, 0.1) is 16.1 Å². The molecule has 2 N–H and O–H groups in total. The first-order valence-electron chi connectivity index (χ1n) is 8.52. The molecule has 1 aliphatic rings. The monoisotopic (exact) mass is 413 g/mol. The van der Waals surface area contributed by atoms with E-state index < -0.39 is 27.7 Å². The van der Waals surface area contributed by atoms with Gasteiger partial charge in [0.25, 0.3) is 5.91 Å². The molecule has 1 fully saturated rings. The van der Waals surface area contributed by atoms with Crippen molar-refractivity contribution < 1.29 is 26.4 Å². The number of nitrogens with zero attached hydrogens (tertiary/aromatic N) is 1. The standard InChI is InChI=1S/C18H18F3N3O3S/c19-18(20,21)14-6-4-7-15(12-14)22-23-17(25)13-5-3-8-16(11-13)28(26,27)24-9-1-2-10-24/h3-8,11-12,22H,1-2,9-10H2,(H,23,25). The van der Waals surface area contributed by atoms with Crippen molar-refractivity contribution in [2.75, 3.05) is 18.5 Å². The highest BCUT2D eigenvalue weighted by Crippen LogP contribution is 2.30. The Balaban J connectivity index is 1.72. The third kappa shape index (κ3) is 4.45. The average Bonchev–Trinajstić information content (AvgIpc) is 3.21. The minimum atomic E-state index is -4.50. The second kappa shape index (κ2) is 7.80. The van der Waals surface area contributed by atoms with Crippen LogP contribution in [0.3, 0.4) is 0 Å². The molecule has 1 amide bonds. The van der Waals surface area contributed by atoms with Crippen LogP contribution in [0.2, 0.25) is 0 Å². The molecule has 10 heteroatoms. The largest absolute Gasteiger partial charge is 0.416 e. The first-order chi connectivity index (χ1) is 13.2. The Morgan fingerprint density at radius 1 is 1.00 bits per heavy atom. The van der Waals surface area contributed by atoms with Crippen molar-refractivity contribution in [1.82, 2.24) is 9.73 Å². The molecule has 6 nitrogen and oxygen atoms in total. The number of carbonyl (C=O) groups excluding carboxylic acids is 1. The van der Waals surface area contributed by atoms with Crippen LogP contribution in [0.15, 0.2) is 53.4 Å². The van der Waals surface area contributed by atoms with Crippen LogP contribution in [0.25, 0.3) is 0 Å². The van der Waals surface area contributed by atoms with Gasteiger partial charge < -0.3 is 0 Å². The Bertz CT molecular complexity index is 971. The van der Waals surface area contributed by atoms with E-state index in [1.807, 2.05) is 0 Å². The molecule has 2 aromatic carbocycles. The predicted molar refractivity (Wildman–Crippen MR) is 97.0 cm³/mol. The molecule has 0 spiro atoms. The molecule has 1 heterocycles. The van der Waals surface area contributed by atoms with Gasteiger partial charge in [-0.1, -0.05) is 12.1 Å². The van der Waals surface area contributed by atoms with Gasteiger partial charge in [-0.3, -0.25) is 15.6 Å². The summed E-state index contributed by atoms with van der Waals surface area (Å²) in [5, 5.41) is 0. The van der Waals surface area contributed by atoms with E-state index in [4.69, 9.17) is 0 Å². The number of hydrogen-bond donors (Lipinski definition) is 2. The Kier molecular flexibility index (Phi) is 5.61. The lowest BCUT2D eigenvalue weighted by atomic mass is 10.2. The first-order valence-corrected chi connectivity index (χ1v) is 9.96. The van der Waals surface area contributed by atoms with Gasteiger partial charge in [-0.25, -0.2) is 8.42 Å². The van der Waals surface area contributed by atoms with Crippen LogP contribution in [-0.2, 0) is 16.2 Å². The van der Waals surface area contributed by atoms with Gasteiger partial charge in [0.2, 0.25) is 10.0 Å². The summed E-state index contributed by atoms with van der Waals surface area (Å²) in [6.07, 6.45) is -2.92. The summed E-state index contributed by atoms with van der Waals surface area (Å²) in [5.41, 5.74) is 3.95. The van der Waals surface area contributed by atoms with Crippen LogP contribution in [0.5, 0.6) is 0 Å². The quantitative estimate of drug-likeness (QED) is 0.738. The third-order valence-corrected chi connectivity index (χ3v) is 6.20. The van der Waals surface area contributed by atoms with Gasteiger partial charge in [0.1, 0.15) is 0 Å². The van der Waals surface area contributed by atoms with Gasteiger partial charge in [0.15, 0.2) is 0 Å². The third-order valence-electron chi connectivity index (χ3n) is 4.31. The van der Waals surface area contributed by atoms with Gasteiger partial charge in [-0.15, -0.1) is 0 Å². The number of anilines is 1. The number of hydrazine groups is 1. The maximum absolute atomic E-state index is 12.7. The molecule has 28 heavy (non-hydrogen) atoms. The van der Waals surface area contributed by atoms with Crippen LogP contribution in [0.4, 0.5) is 18.9 Å². The number of amides is 1. The molecule has 150 valence electrons. The van der Waals surface area contributed by atoms with E-state index in [0.29, 0.717) is 13.1 Å². The average molecular weight is 413 g/mol. The van der Waals surface area contributed by atoms with Gasteiger partial charge >= 0.3 is 6.18 Å². The lowest BCUT2D eigenvalue weighted by Gasteiger charge is -2.16. The maximum Gasteiger partial charge on any atom is 0.416 e. The summed E-state index contributed by atoms with van der Waals surface area (Å²) in [6, 6.07) is 9.87. The topological polar surface area (TPSA) is 78.5 Å². The van der Waals surface area contributed by atoms with Crippen molar-refractivity contribution >= 4 is 21.6 Å². The predicted octanol–water partition coefficient (Wildman–Crippen LogP) is 3.25. The molecule has 3 rings (SSSR count). The van der Waals surface area contributed by atoms with E-state index in [9.17, 15) is 26.4 Å². The molecular weight excluding hydrogens is 395 g/mol. The smallest absolute Gasteiger partial charge is 0.298 e. The van der Waals surface area contributed by atoms with E-state index in [-0.39, 0.29) is 16.1 Å². The minimum Gasteiger partial charge on any atom is -0.298 e. The molecule has 0 unspecified atom stereocenters. The minimum absolute atomic E-state index is 0.00104. The van der Waals surface area contributed by atoms with E-state index in [0.717, 1.165) is 25.0 Å². The molecule has 0 radical (unpaired) electrons. The van der Waals surface area contributed by atoms with Crippen LogP contribution in [0, 0.1) is 0 Å². The van der Waals surface area contributed by atoms with Crippen molar-refractivity contribution in [3.63, 3.8) is 0 Å². The Morgan fingerprint density at radius 3 is 2.36 bits per heavy atom. The summed E-state index contributed by atoms with van der Waals surface area (Å²) in [6.45, 7) is 0.881. The second-order valence-corrected chi connectivity index (χ2v) is 8.23. The summed E-state index contributed by atoms with van der Waals surface area (Å²) < 4.78 is 64.8. The highest BCUT2D eigenvalue weighted by molar-refractivity contribution is 7.89. The fourth-order valence-corrected chi connectivity index (χ4v) is 4.41. The van der Waals surface area contributed by atoms with E-state index in [1.54, 1.807) is 0 Å². The van der Waals surface area contributed by atoms with Crippen LogP contribution in [0.1, 0.15) is 28.8 Å². The van der Waals surface area contributed by atoms with Crippen molar-refractivity contribution in [2.24, 2.45) is 0 Å². The number of benzene rings is 2.